The van der Waals surface area contributed by atoms with Crippen LogP contribution in [0.4, 0.5) is 0 Å². The van der Waals surface area contributed by atoms with Crippen LogP contribution in [-0.2, 0) is 6.42 Å². The summed E-state index contributed by atoms with van der Waals surface area (Å²) in [7, 11) is 0. The van der Waals surface area contributed by atoms with Gasteiger partial charge in [-0.1, -0.05) is 29.8 Å². The minimum absolute atomic E-state index is 0.135. The van der Waals surface area contributed by atoms with Crippen LogP contribution in [0, 0.1) is 6.92 Å². The predicted octanol–water partition coefficient (Wildman–Crippen LogP) is 3.33. The third-order valence-corrected chi connectivity index (χ3v) is 3.41. The van der Waals surface area contributed by atoms with E-state index in [9.17, 15) is 9.90 Å². The first-order valence-electron chi connectivity index (χ1n) is 6.39. The van der Waals surface area contributed by atoms with Crippen LogP contribution in [0.25, 0.3) is 0 Å². The highest BCUT2D eigenvalue weighted by Gasteiger charge is 2.10. The van der Waals surface area contributed by atoms with Gasteiger partial charge in [-0.2, -0.15) is 0 Å². The second kappa shape index (κ2) is 6.44. The summed E-state index contributed by atoms with van der Waals surface area (Å²) < 4.78 is 0. The van der Waals surface area contributed by atoms with Gasteiger partial charge in [-0.3, -0.25) is 4.79 Å². The molecule has 0 aliphatic rings. The number of hydrogen-bond donors (Lipinski definition) is 2. The molecule has 2 N–H and O–H groups in total. The number of nitrogens with one attached hydrogen (secondary N) is 1. The molecule has 0 aliphatic heterocycles. The van der Waals surface area contributed by atoms with Crippen molar-refractivity contribution in [3.63, 3.8) is 0 Å². The van der Waals surface area contributed by atoms with Crippen LogP contribution in [-0.4, -0.2) is 17.6 Å². The SMILES string of the molecule is Cc1c(O)cccc1C(=O)NCCc1ccc(Cl)cc1. The van der Waals surface area contributed by atoms with Gasteiger partial charge >= 0.3 is 0 Å². The Balaban J connectivity index is 1.92. The Bertz CT molecular complexity index is 608. The Morgan fingerprint density at radius 1 is 1.20 bits per heavy atom. The number of amides is 1. The van der Waals surface area contributed by atoms with E-state index in [1.54, 1.807) is 25.1 Å². The molecule has 0 fully saturated rings. The first kappa shape index (κ1) is 14.4. The number of halogens is 1. The number of phenolic OH excluding ortho intramolecular Hbond substituents is 1. The smallest absolute Gasteiger partial charge is 0.251 e. The van der Waals surface area contributed by atoms with Gasteiger partial charge in [-0.05, 0) is 43.2 Å². The van der Waals surface area contributed by atoms with Gasteiger partial charge in [0, 0.05) is 22.7 Å². The molecule has 0 heterocycles. The maximum Gasteiger partial charge on any atom is 0.251 e. The van der Waals surface area contributed by atoms with E-state index in [0.29, 0.717) is 22.7 Å². The van der Waals surface area contributed by atoms with Gasteiger partial charge in [0.1, 0.15) is 5.75 Å². The molecule has 0 saturated heterocycles. The van der Waals surface area contributed by atoms with Crippen molar-refractivity contribution in [2.75, 3.05) is 6.54 Å². The van der Waals surface area contributed by atoms with E-state index in [1.165, 1.54) is 0 Å². The zero-order valence-electron chi connectivity index (χ0n) is 11.2. The fourth-order valence-corrected chi connectivity index (χ4v) is 2.06. The monoisotopic (exact) mass is 289 g/mol. The highest BCUT2D eigenvalue weighted by atomic mass is 35.5. The standard InChI is InChI=1S/C16H16ClNO2/c1-11-14(3-2-4-15(11)19)16(20)18-10-9-12-5-7-13(17)8-6-12/h2-8,19H,9-10H2,1H3,(H,18,20). The number of hydrogen-bond acceptors (Lipinski definition) is 2. The first-order valence-corrected chi connectivity index (χ1v) is 6.77. The van der Waals surface area contributed by atoms with Gasteiger partial charge in [0.15, 0.2) is 0 Å². The van der Waals surface area contributed by atoms with E-state index in [1.807, 2.05) is 24.3 Å². The molecular weight excluding hydrogens is 274 g/mol. The topological polar surface area (TPSA) is 49.3 Å². The molecule has 20 heavy (non-hydrogen) atoms. The zero-order valence-corrected chi connectivity index (χ0v) is 11.9. The van der Waals surface area contributed by atoms with Crippen molar-refractivity contribution in [2.24, 2.45) is 0 Å². The van der Waals surface area contributed by atoms with Crippen molar-refractivity contribution in [1.82, 2.24) is 5.32 Å². The lowest BCUT2D eigenvalue weighted by Crippen LogP contribution is -2.26. The molecule has 0 saturated carbocycles. The Kier molecular flexibility index (Phi) is 4.64. The fraction of sp³-hybridized carbons (Fsp3) is 0.188. The summed E-state index contributed by atoms with van der Waals surface area (Å²) in [5.74, 6) is -0.0392. The maximum absolute atomic E-state index is 12.0. The summed E-state index contributed by atoms with van der Waals surface area (Å²) in [4.78, 5) is 12.0. The number of phenols is 1. The van der Waals surface area contributed by atoms with E-state index in [4.69, 9.17) is 11.6 Å². The lowest BCUT2D eigenvalue weighted by atomic mass is 10.1. The molecule has 0 aromatic heterocycles. The van der Waals surface area contributed by atoms with Crippen LogP contribution in [0.2, 0.25) is 5.02 Å². The molecule has 3 nitrogen and oxygen atoms in total. The summed E-state index contributed by atoms with van der Waals surface area (Å²) in [6.45, 7) is 2.26. The Hall–Kier alpha value is -2.00. The zero-order chi connectivity index (χ0) is 14.5. The largest absolute Gasteiger partial charge is 0.508 e. The molecule has 0 unspecified atom stereocenters. The van der Waals surface area contributed by atoms with E-state index < -0.39 is 0 Å². The summed E-state index contributed by atoms with van der Waals surface area (Å²) >= 11 is 5.82. The molecule has 2 aromatic carbocycles. The average molecular weight is 290 g/mol. The predicted molar refractivity (Wildman–Crippen MR) is 80.3 cm³/mol. The van der Waals surface area contributed by atoms with Gasteiger partial charge in [-0.15, -0.1) is 0 Å². The Morgan fingerprint density at radius 3 is 2.60 bits per heavy atom. The van der Waals surface area contributed by atoms with Gasteiger partial charge in [-0.25, -0.2) is 0 Å². The molecule has 2 rings (SSSR count). The number of carbonyl (C=O) groups is 1. The fourth-order valence-electron chi connectivity index (χ4n) is 1.94. The van der Waals surface area contributed by atoms with E-state index >= 15 is 0 Å². The molecule has 0 atom stereocenters. The summed E-state index contributed by atoms with van der Waals surface area (Å²) in [6, 6.07) is 12.5. The molecule has 0 spiro atoms. The number of rotatable bonds is 4. The third-order valence-electron chi connectivity index (χ3n) is 3.16. The van der Waals surface area contributed by atoms with Crippen LogP contribution >= 0.6 is 11.6 Å². The highest BCUT2D eigenvalue weighted by molar-refractivity contribution is 6.30. The molecule has 4 heteroatoms. The van der Waals surface area contributed by atoms with E-state index in [0.717, 1.165) is 12.0 Å². The molecule has 104 valence electrons. The second-order valence-corrected chi connectivity index (χ2v) is 5.02. The van der Waals surface area contributed by atoms with Crippen molar-refractivity contribution < 1.29 is 9.90 Å². The molecule has 2 aromatic rings. The van der Waals surface area contributed by atoms with Gasteiger partial charge in [0.25, 0.3) is 5.91 Å². The second-order valence-electron chi connectivity index (χ2n) is 4.58. The van der Waals surface area contributed by atoms with Crippen LogP contribution < -0.4 is 5.32 Å². The molecular formula is C16H16ClNO2. The highest BCUT2D eigenvalue weighted by Crippen LogP contribution is 2.19. The minimum Gasteiger partial charge on any atom is -0.508 e. The normalized spacial score (nSPS) is 10.3. The van der Waals surface area contributed by atoms with Crippen LogP contribution in [0.5, 0.6) is 5.75 Å². The van der Waals surface area contributed by atoms with Crippen LogP contribution in [0.3, 0.4) is 0 Å². The van der Waals surface area contributed by atoms with Crippen molar-refractivity contribution in [1.29, 1.82) is 0 Å². The van der Waals surface area contributed by atoms with E-state index in [2.05, 4.69) is 5.32 Å². The van der Waals surface area contributed by atoms with Crippen molar-refractivity contribution in [3.8, 4) is 5.75 Å². The third kappa shape index (κ3) is 3.52. The molecule has 0 bridgehead atoms. The van der Waals surface area contributed by atoms with Crippen molar-refractivity contribution in [2.45, 2.75) is 13.3 Å². The van der Waals surface area contributed by atoms with Crippen molar-refractivity contribution >= 4 is 17.5 Å². The maximum atomic E-state index is 12.0. The lowest BCUT2D eigenvalue weighted by Gasteiger charge is -2.08. The first-order chi connectivity index (χ1) is 9.58. The van der Waals surface area contributed by atoms with Crippen LogP contribution in [0.15, 0.2) is 42.5 Å². The van der Waals surface area contributed by atoms with Crippen molar-refractivity contribution in [3.05, 3.63) is 64.2 Å². The molecule has 0 aliphatic carbocycles. The molecule has 0 radical (unpaired) electrons. The lowest BCUT2D eigenvalue weighted by molar-refractivity contribution is 0.0953. The number of benzene rings is 2. The van der Waals surface area contributed by atoms with E-state index in [-0.39, 0.29) is 11.7 Å². The summed E-state index contributed by atoms with van der Waals surface area (Å²) in [6.07, 6.45) is 0.737. The Labute approximate surface area is 123 Å². The quantitative estimate of drug-likeness (QED) is 0.907. The summed E-state index contributed by atoms with van der Waals surface area (Å²) in [5, 5.41) is 13.1. The van der Waals surface area contributed by atoms with Gasteiger partial charge in [0.05, 0.1) is 0 Å². The average Bonchev–Trinajstić information content (AvgIpc) is 2.44. The number of carbonyl (C=O) groups excluding carboxylic acids is 1. The van der Waals surface area contributed by atoms with Gasteiger partial charge < -0.3 is 10.4 Å². The molecule has 1 amide bonds. The van der Waals surface area contributed by atoms with Crippen LogP contribution in [0.1, 0.15) is 21.5 Å². The van der Waals surface area contributed by atoms with Gasteiger partial charge in [0.2, 0.25) is 0 Å². The minimum atomic E-state index is -0.174. The summed E-state index contributed by atoms with van der Waals surface area (Å²) in [5.41, 5.74) is 2.21. The Morgan fingerprint density at radius 2 is 1.90 bits per heavy atom. The number of aromatic hydroxyl groups is 1.